The van der Waals surface area contributed by atoms with Crippen molar-refractivity contribution in [1.29, 1.82) is 0 Å². The van der Waals surface area contributed by atoms with E-state index in [9.17, 15) is 0 Å². The highest BCUT2D eigenvalue weighted by molar-refractivity contribution is 6.31. The predicted molar refractivity (Wildman–Crippen MR) is 67.8 cm³/mol. The van der Waals surface area contributed by atoms with Gasteiger partial charge in [-0.15, -0.1) is 0 Å². The maximum absolute atomic E-state index is 6.20. The third kappa shape index (κ3) is 1.96. The van der Waals surface area contributed by atoms with E-state index in [2.05, 4.69) is 31.0 Å². The summed E-state index contributed by atoms with van der Waals surface area (Å²) in [6.45, 7) is 4.34. The molecule has 1 aromatic heterocycles. The quantitative estimate of drug-likeness (QED) is 0.760. The van der Waals surface area contributed by atoms with Crippen molar-refractivity contribution in [2.45, 2.75) is 19.3 Å². The van der Waals surface area contributed by atoms with E-state index in [4.69, 9.17) is 11.6 Å². The van der Waals surface area contributed by atoms with Gasteiger partial charge >= 0.3 is 0 Å². The van der Waals surface area contributed by atoms with Crippen molar-refractivity contribution in [3.8, 4) is 0 Å². The third-order valence-corrected chi connectivity index (χ3v) is 3.24. The average Bonchev–Trinajstić information content (AvgIpc) is 2.30. The molecule has 0 aliphatic carbocycles. The highest BCUT2D eigenvalue weighted by atomic mass is 35.5. The van der Waals surface area contributed by atoms with Gasteiger partial charge in [0.2, 0.25) is 0 Å². The monoisotopic (exact) mass is 231 g/mol. The normalized spacial score (nSPS) is 11.4. The Hall–Kier alpha value is -1.34. The van der Waals surface area contributed by atoms with Crippen LogP contribution in [0.4, 0.5) is 0 Å². The summed E-state index contributed by atoms with van der Waals surface area (Å²) in [7, 11) is 0. The molecule has 0 spiro atoms. The van der Waals surface area contributed by atoms with Crippen molar-refractivity contribution in [1.82, 2.24) is 4.98 Å². The molecule has 1 aromatic carbocycles. The fourth-order valence-corrected chi connectivity index (χ4v) is 2.25. The van der Waals surface area contributed by atoms with Gasteiger partial charge in [0.05, 0.1) is 5.02 Å². The van der Waals surface area contributed by atoms with Gasteiger partial charge in [-0.25, -0.2) is 0 Å². The van der Waals surface area contributed by atoms with Crippen molar-refractivity contribution < 1.29 is 0 Å². The van der Waals surface area contributed by atoms with E-state index in [0.717, 1.165) is 10.6 Å². The van der Waals surface area contributed by atoms with Crippen molar-refractivity contribution in [2.24, 2.45) is 0 Å². The minimum atomic E-state index is -0.0959. The number of aromatic nitrogens is 1. The minimum Gasteiger partial charge on any atom is -0.263 e. The zero-order chi connectivity index (χ0) is 11.6. The first-order valence-corrected chi connectivity index (χ1v) is 5.65. The van der Waals surface area contributed by atoms with Crippen LogP contribution >= 0.6 is 11.6 Å². The van der Waals surface area contributed by atoms with Gasteiger partial charge in [-0.2, -0.15) is 0 Å². The first kappa shape index (κ1) is 11.2. The van der Waals surface area contributed by atoms with Crippen LogP contribution < -0.4 is 0 Å². The molecule has 0 saturated heterocycles. The summed E-state index contributed by atoms with van der Waals surface area (Å²) in [5, 5.41) is 0.719. The summed E-state index contributed by atoms with van der Waals surface area (Å²) < 4.78 is 0. The van der Waals surface area contributed by atoms with Crippen LogP contribution in [-0.4, -0.2) is 4.98 Å². The maximum atomic E-state index is 6.20. The number of benzene rings is 1. The van der Waals surface area contributed by atoms with Crippen LogP contribution in [0.3, 0.4) is 0 Å². The van der Waals surface area contributed by atoms with E-state index in [0.29, 0.717) is 0 Å². The molecule has 0 aliphatic rings. The molecule has 0 aliphatic heterocycles. The van der Waals surface area contributed by atoms with Crippen LogP contribution in [0.2, 0.25) is 5.02 Å². The summed E-state index contributed by atoms with van der Waals surface area (Å²) in [5.41, 5.74) is 2.26. The Bertz CT molecular complexity index is 477. The Kier molecular flexibility index (Phi) is 2.97. The number of nitrogens with zero attached hydrogens (tertiary/aromatic N) is 1. The molecule has 2 rings (SSSR count). The molecule has 82 valence electrons. The van der Waals surface area contributed by atoms with Crippen LogP contribution in [0.5, 0.6) is 0 Å². The van der Waals surface area contributed by atoms with Crippen molar-refractivity contribution >= 4 is 11.6 Å². The predicted octanol–water partition coefficient (Wildman–Crippen LogP) is 4.06. The van der Waals surface area contributed by atoms with Gasteiger partial charge < -0.3 is 0 Å². The number of pyridine rings is 1. The molecule has 0 saturated carbocycles. The number of rotatable bonds is 2. The number of halogens is 1. The Balaban J connectivity index is 2.51. The Labute approximate surface area is 101 Å². The van der Waals surface area contributed by atoms with Gasteiger partial charge in [-0.3, -0.25) is 4.98 Å². The number of hydrogen-bond acceptors (Lipinski definition) is 1. The minimum absolute atomic E-state index is 0.0959. The highest BCUT2D eigenvalue weighted by Gasteiger charge is 2.24. The number of hydrogen-bond donors (Lipinski definition) is 0. The first-order chi connectivity index (χ1) is 7.62. The zero-order valence-electron chi connectivity index (χ0n) is 9.44. The summed E-state index contributed by atoms with van der Waals surface area (Å²) in [5.74, 6) is 0. The van der Waals surface area contributed by atoms with Crippen LogP contribution in [0.1, 0.15) is 25.0 Å². The van der Waals surface area contributed by atoms with E-state index in [1.165, 1.54) is 5.56 Å². The lowest BCUT2D eigenvalue weighted by Crippen LogP contribution is -2.19. The van der Waals surface area contributed by atoms with Crippen molar-refractivity contribution in [3.63, 3.8) is 0 Å². The molecule has 0 radical (unpaired) electrons. The van der Waals surface area contributed by atoms with Gasteiger partial charge in [0, 0.05) is 17.8 Å². The lowest BCUT2D eigenvalue weighted by atomic mass is 9.78. The van der Waals surface area contributed by atoms with E-state index in [-0.39, 0.29) is 5.41 Å². The second-order valence-corrected chi connectivity index (χ2v) is 4.75. The molecule has 0 N–H and O–H groups in total. The fraction of sp³-hybridized carbons (Fsp3) is 0.214. The van der Waals surface area contributed by atoms with E-state index in [1.54, 1.807) is 12.4 Å². The lowest BCUT2D eigenvalue weighted by molar-refractivity contribution is 0.640. The van der Waals surface area contributed by atoms with E-state index < -0.39 is 0 Å². The molecule has 0 bridgehead atoms. The third-order valence-electron chi connectivity index (χ3n) is 2.94. The molecular weight excluding hydrogens is 218 g/mol. The van der Waals surface area contributed by atoms with Gasteiger partial charge in [-0.05, 0) is 17.2 Å². The highest BCUT2D eigenvalue weighted by Crippen LogP contribution is 2.34. The molecule has 0 fully saturated rings. The van der Waals surface area contributed by atoms with Gasteiger partial charge in [0.25, 0.3) is 0 Å². The first-order valence-electron chi connectivity index (χ1n) is 5.28. The van der Waals surface area contributed by atoms with Crippen LogP contribution in [0.25, 0.3) is 0 Å². The molecule has 1 heterocycles. The van der Waals surface area contributed by atoms with Crippen LogP contribution in [0.15, 0.2) is 48.8 Å². The average molecular weight is 232 g/mol. The van der Waals surface area contributed by atoms with Crippen LogP contribution in [-0.2, 0) is 5.41 Å². The van der Waals surface area contributed by atoms with Gasteiger partial charge in [0.15, 0.2) is 0 Å². The van der Waals surface area contributed by atoms with Crippen molar-refractivity contribution in [3.05, 3.63) is 64.9 Å². The van der Waals surface area contributed by atoms with Crippen molar-refractivity contribution in [2.75, 3.05) is 0 Å². The van der Waals surface area contributed by atoms with Gasteiger partial charge in [0.1, 0.15) is 0 Å². The van der Waals surface area contributed by atoms with E-state index in [1.807, 2.05) is 24.3 Å². The van der Waals surface area contributed by atoms with Crippen LogP contribution in [0, 0.1) is 0 Å². The Morgan fingerprint density at radius 2 is 1.75 bits per heavy atom. The van der Waals surface area contributed by atoms with Gasteiger partial charge in [-0.1, -0.05) is 55.8 Å². The summed E-state index contributed by atoms with van der Waals surface area (Å²) in [6.07, 6.45) is 3.48. The molecule has 16 heavy (non-hydrogen) atoms. The Morgan fingerprint density at radius 3 is 2.38 bits per heavy atom. The van der Waals surface area contributed by atoms with E-state index >= 15 is 0 Å². The smallest absolute Gasteiger partial charge is 0.0630 e. The second-order valence-electron chi connectivity index (χ2n) is 4.35. The topological polar surface area (TPSA) is 12.9 Å². The molecule has 0 unspecified atom stereocenters. The zero-order valence-corrected chi connectivity index (χ0v) is 10.2. The SMILES string of the molecule is CC(C)(c1ccccc1)c1ccncc1Cl. The Morgan fingerprint density at radius 1 is 1.06 bits per heavy atom. The second kappa shape index (κ2) is 4.26. The molecule has 0 atom stereocenters. The largest absolute Gasteiger partial charge is 0.263 e. The summed E-state index contributed by atoms with van der Waals surface area (Å²) in [6, 6.07) is 12.3. The molecule has 1 nitrogen and oxygen atoms in total. The molecule has 2 heteroatoms. The lowest BCUT2D eigenvalue weighted by Gasteiger charge is -2.26. The summed E-state index contributed by atoms with van der Waals surface area (Å²) in [4.78, 5) is 4.02. The standard InChI is InChI=1S/C14H14ClN/c1-14(2,11-6-4-3-5-7-11)12-8-9-16-10-13(12)15/h3-10H,1-2H3. The molecule has 2 aromatic rings. The molecule has 0 amide bonds. The molecular formula is C14H14ClN. The summed E-state index contributed by atoms with van der Waals surface area (Å²) >= 11 is 6.20. The fourth-order valence-electron chi connectivity index (χ4n) is 1.89. The maximum Gasteiger partial charge on any atom is 0.0630 e.